The van der Waals surface area contributed by atoms with Crippen LogP contribution < -0.4 is 5.73 Å². The average Bonchev–Trinajstić information content (AvgIpc) is 2.52. The number of aryl methyl sites for hydroxylation is 1. The van der Waals surface area contributed by atoms with E-state index in [1.54, 1.807) is 6.92 Å². The van der Waals surface area contributed by atoms with E-state index in [9.17, 15) is 8.78 Å². The van der Waals surface area contributed by atoms with Crippen LogP contribution in [0.2, 0.25) is 0 Å². The summed E-state index contributed by atoms with van der Waals surface area (Å²) in [6.07, 6.45) is 1.10. The van der Waals surface area contributed by atoms with Crippen molar-refractivity contribution in [3.05, 3.63) is 12.2 Å². The molecule has 0 unspecified atom stereocenters. The molecular weight excluding hydrogens is 166 g/mol. The van der Waals surface area contributed by atoms with E-state index in [0.29, 0.717) is 6.54 Å². The minimum atomic E-state index is -3.08. The summed E-state index contributed by atoms with van der Waals surface area (Å²) in [6, 6.07) is 0. The summed E-state index contributed by atoms with van der Waals surface area (Å²) in [5.74, 6) is -3.44. The van der Waals surface area contributed by atoms with Gasteiger partial charge in [0.15, 0.2) is 5.82 Å². The minimum absolute atomic E-state index is 0.366. The zero-order chi connectivity index (χ0) is 9.19. The first kappa shape index (κ1) is 9.05. The number of alkyl halides is 2. The maximum atomic E-state index is 12.9. The van der Waals surface area contributed by atoms with Crippen molar-refractivity contribution in [2.45, 2.75) is 19.4 Å². The Bertz CT molecular complexity index is 258. The topological polar surface area (TPSA) is 56.7 Å². The molecule has 4 nitrogen and oxygen atoms in total. The molecule has 1 heterocycles. The summed E-state index contributed by atoms with van der Waals surface area (Å²) in [5.41, 5.74) is 4.89. The molecule has 1 rings (SSSR count). The lowest BCUT2D eigenvalue weighted by Crippen LogP contribution is -2.29. The maximum absolute atomic E-state index is 12.9. The Kier molecular flexibility index (Phi) is 2.37. The number of rotatable bonds is 3. The summed E-state index contributed by atoms with van der Waals surface area (Å²) in [7, 11) is 0. The second-order valence-electron chi connectivity index (χ2n) is 2.31. The van der Waals surface area contributed by atoms with Crippen LogP contribution in [0.25, 0.3) is 0 Å². The predicted octanol–water partition coefficient (Wildman–Crippen LogP) is 0.349. The highest BCUT2D eigenvalue weighted by Gasteiger charge is 2.34. The molecule has 0 saturated heterocycles. The summed E-state index contributed by atoms with van der Waals surface area (Å²) in [6.45, 7) is 1.33. The molecule has 68 valence electrons. The molecule has 12 heavy (non-hydrogen) atoms. The smallest absolute Gasteiger partial charge is 0.318 e. The molecule has 0 aromatic carbocycles. The van der Waals surface area contributed by atoms with Gasteiger partial charge >= 0.3 is 5.92 Å². The molecule has 0 atom stereocenters. The first-order chi connectivity index (χ1) is 5.61. The highest BCUT2D eigenvalue weighted by Crippen LogP contribution is 2.23. The van der Waals surface area contributed by atoms with Crippen LogP contribution in [0.1, 0.15) is 12.7 Å². The second kappa shape index (κ2) is 3.14. The van der Waals surface area contributed by atoms with Crippen LogP contribution in [0.5, 0.6) is 0 Å². The predicted molar refractivity (Wildman–Crippen MR) is 38.6 cm³/mol. The summed E-state index contributed by atoms with van der Waals surface area (Å²) < 4.78 is 27.0. The highest BCUT2D eigenvalue weighted by molar-refractivity contribution is 4.96. The third kappa shape index (κ3) is 1.42. The first-order valence-corrected chi connectivity index (χ1v) is 3.58. The van der Waals surface area contributed by atoms with Crippen molar-refractivity contribution in [3.63, 3.8) is 0 Å². The number of nitrogens with two attached hydrogens (primary N) is 1. The third-order valence-corrected chi connectivity index (χ3v) is 1.50. The first-order valence-electron chi connectivity index (χ1n) is 3.58. The van der Waals surface area contributed by atoms with Crippen LogP contribution in [-0.2, 0) is 12.5 Å². The van der Waals surface area contributed by atoms with Gasteiger partial charge in [0.25, 0.3) is 0 Å². The molecule has 0 aliphatic carbocycles. The molecule has 0 bridgehead atoms. The van der Waals surface area contributed by atoms with Crippen molar-refractivity contribution in [1.29, 1.82) is 0 Å². The fraction of sp³-hybridized carbons (Fsp3) is 0.667. The monoisotopic (exact) mass is 176 g/mol. The van der Waals surface area contributed by atoms with Crippen molar-refractivity contribution < 1.29 is 8.78 Å². The molecule has 6 heteroatoms. The Morgan fingerprint density at radius 2 is 2.33 bits per heavy atom. The standard InChI is InChI=1S/C6H10F2N4/c1-2-12-5(10-4-11-12)6(7,8)3-9/h4H,2-3,9H2,1H3. The van der Waals surface area contributed by atoms with E-state index in [-0.39, 0.29) is 5.82 Å². The fourth-order valence-electron chi connectivity index (χ4n) is 0.870. The molecule has 0 amide bonds. The molecule has 0 saturated carbocycles. The van der Waals surface area contributed by atoms with Crippen molar-refractivity contribution in [2.75, 3.05) is 6.54 Å². The molecule has 0 radical (unpaired) electrons. The second-order valence-corrected chi connectivity index (χ2v) is 2.31. The normalized spacial score (nSPS) is 12.0. The molecular formula is C6H10F2N4. The van der Waals surface area contributed by atoms with Gasteiger partial charge < -0.3 is 5.73 Å². The summed E-state index contributed by atoms with van der Waals surface area (Å²) in [4.78, 5) is 3.45. The Labute approximate surface area is 68.4 Å². The Balaban J connectivity index is 3.00. The van der Waals surface area contributed by atoms with E-state index in [2.05, 4.69) is 10.1 Å². The molecule has 2 N–H and O–H groups in total. The molecule has 1 aromatic rings. The number of halogens is 2. The van der Waals surface area contributed by atoms with Crippen molar-refractivity contribution >= 4 is 0 Å². The lowest BCUT2D eigenvalue weighted by Gasteiger charge is -2.12. The number of hydrogen-bond acceptors (Lipinski definition) is 3. The minimum Gasteiger partial charge on any atom is -0.325 e. The highest BCUT2D eigenvalue weighted by atomic mass is 19.3. The van der Waals surface area contributed by atoms with Crippen molar-refractivity contribution in [3.8, 4) is 0 Å². The van der Waals surface area contributed by atoms with Crippen LogP contribution in [-0.4, -0.2) is 21.3 Å². The third-order valence-electron chi connectivity index (χ3n) is 1.50. The summed E-state index contributed by atoms with van der Waals surface area (Å²) >= 11 is 0. The zero-order valence-corrected chi connectivity index (χ0v) is 6.67. The molecule has 1 aromatic heterocycles. The maximum Gasteiger partial charge on any atom is 0.318 e. The molecule has 0 fully saturated rings. The average molecular weight is 176 g/mol. The molecule has 0 spiro atoms. The number of aromatic nitrogens is 3. The van der Waals surface area contributed by atoms with Crippen LogP contribution in [0.4, 0.5) is 8.78 Å². The van der Waals surface area contributed by atoms with E-state index >= 15 is 0 Å². The van der Waals surface area contributed by atoms with Crippen molar-refractivity contribution in [2.24, 2.45) is 5.73 Å². The number of hydrogen-bond donors (Lipinski definition) is 1. The van der Waals surface area contributed by atoms with E-state index in [1.165, 1.54) is 0 Å². The van der Waals surface area contributed by atoms with Gasteiger partial charge in [-0.2, -0.15) is 13.9 Å². The fourth-order valence-corrected chi connectivity index (χ4v) is 0.870. The van der Waals surface area contributed by atoms with E-state index in [4.69, 9.17) is 5.73 Å². The quantitative estimate of drug-likeness (QED) is 0.722. The number of nitrogens with zero attached hydrogens (tertiary/aromatic N) is 3. The van der Waals surface area contributed by atoms with E-state index in [0.717, 1.165) is 11.0 Å². The van der Waals surface area contributed by atoms with Crippen LogP contribution in [0.3, 0.4) is 0 Å². The van der Waals surface area contributed by atoms with Gasteiger partial charge in [-0.15, -0.1) is 0 Å². The largest absolute Gasteiger partial charge is 0.325 e. The Morgan fingerprint density at radius 1 is 1.67 bits per heavy atom. The van der Waals surface area contributed by atoms with Gasteiger partial charge in [0.05, 0.1) is 6.54 Å². The SMILES string of the molecule is CCn1ncnc1C(F)(F)CN. The van der Waals surface area contributed by atoms with Crippen LogP contribution >= 0.6 is 0 Å². The van der Waals surface area contributed by atoms with Crippen LogP contribution in [0, 0.1) is 0 Å². The van der Waals surface area contributed by atoms with Gasteiger partial charge in [-0.3, -0.25) is 0 Å². The van der Waals surface area contributed by atoms with Gasteiger partial charge in [0, 0.05) is 6.54 Å². The van der Waals surface area contributed by atoms with Gasteiger partial charge in [0.2, 0.25) is 0 Å². The molecule has 0 aliphatic rings. The van der Waals surface area contributed by atoms with Crippen LogP contribution in [0.15, 0.2) is 6.33 Å². The van der Waals surface area contributed by atoms with Gasteiger partial charge in [0.1, 0.15) is 6.33 Å². The Hall–Kier alpha value is -1.04. The molecule has 0 aliphatic heterocycles. The van der Waals surface area contributed by atoms with Gasteiger partial charge in [-0.1, -0.05) is 0 Å². The Morgan fingerprint density at radius 3 is 2.83 bits per heavy atom. The van der Waals surface area contributed by atoms with Gasteiger partial charge in [-0.05, 0) is 6.92 Å². The lowest BCUT2D eigenvalue weighted by molar-refractivity contribution is -0.00784. The van der Waals surface area contributed by atoms with E-state index < -0.39 is 12.5 Å². The van der Waals surface area contributed by atoms with Crippen molar-refractivity contribution in [1.82, 2.24) is 14.8 Å². The summed E-state index contributed by atoms with van der Waals surface area (Å²) in [5, 5.41) is 3.62. The van der Waals surface area contributed by atoms with E-state index in [1.807, 2.05) is 0 Å². The van der Waals surface area contributed by atoms with Gasteiger partial charge in [-0.25, -0.2) is 9.67 Å². The lowest BCUT2D eigenvalue weighted by atomic mass is 10.3. The zero-order valence-electron chi connectivity index (χ0n) is 6.67.